The van der Waals surface area contributed by atoms with Crippen molar-refractivity contribution in [3.63, 3.8) is 0 Å². The lowest BCUT2D eigenvalue weighted by Gasteiger charge is -2.07. The highest BCUT2D eigenvalue weighted by molar-refractivity contribution is 5.77. The van der Waals surface area contributed by atoms with Crippen LogP contribution in [0.4, 0.5) is 0 Å². The van der Waals surface area contributed by atoms with E-state index in [2.05, 4.69) is 11.9 Å². The zero-order valence-electron chi connectivity index (χ0n) is 9.75. The van der Waals surface area contributed by atoms with Crippen molar-refractivity contribution >= 4 is 5.91 Å². The van der Waals surface area contributed by atoms with Crippen molar-refractivity contribution in [2.24, 2.45) is 0 Å². The number of benzene rings is 1. The van der Waals surface area contributed by atoms with Crippen LogP contribution in [0.5, 0.6) is 5.75 Å². The second-order valence-electron chi connectivity index (χ2n) is 3.84. The van der Waals surface area contributed by atoms with Crippen LogP contribution in [0.1, 0.15) is 12.5 Å². The molecule has 1 aromatic carbocycles. The molecule has 0 heterocycles. The molecule has 1 N–H and O–H groups in total. The van der Waals surface area contributed by atoms with Gasteiger partial charge >= 0.3 is 0 Å². The largest absolute Gasteiger partial charge is 0.484 e. The summed E-state index contributed by atoms with van der Waals surface area (Å²) in [5, 5.41) is 2.70. The fourth-order valence-corrected chi connectivity index (χ4v) is 1.08. The molecule has 0 aromatic heterocycles. The molecule has 0 bridgehead atoms. The molecule has 0 saturated heterocycles. The minimum Gasteiger partial charge on any atom is -0.484 e. The van der Waals surface area contributed by atoms with Crippen molar-refractivity contribution in [2.45, 2.75) is 13.8 Å². The van der Waals surface area contributed by atoms with Gasteiger partial charge in [0.05, 0.1) is 0 Å². The molecule has 0 aliphatic carbocycles. The predicted octanol–water partition coefficient (Wildman–Crippen LogP) is 2.07. The molecular weight excluding hydrogens is 202 g/mol. The van der Waals surface area contributed by atoms with Crippen LogP contribution < -0.4 is 10.1 Å². The zero-order chi connectivity index (χ0) is 12.0. The normalized spacial score (nSPS) is 9.62. The number of carbonyl (C=O) groups is 1. The Morgan fingerprint density at radius 1 is 1.38 bits per heavy atom. The SMILES string of the molecule is C=C(C)CNC(=O)COc1ccc(C)cc1. The maximum absolute atomic E-state index is 11.3. The van der Waals surface area contributed by atoms with Crippen LogP contribution in [0, 0.1) is 6.92 Å². The van der Waals surface area contributed by atoms with Gasteiger partial charge in [-0.15, -0.1) is 0 Å². The number of hydrogen-bond donors (Lipinski definition) is 1. The van der Waals surface area contributed by atoms with Gasteiger partial charge in [-0.2, -0.15) is 0 Å². The van der Waals surface area contributed by atoms with Gasteiger partial charge in [-0.3, -0.25) is 4.79 Å². The van der Waals surface area contributed by atoms with Crippen molar-refractivity contribution in [3.05, 3.63) is 42.0 Å². The van der Waals surface area contributed by atoms with Crippen LogP contribution in [-0.2, 0) is 4.79 Å². The quantitative estimate of drug-likeness (QED) is 0.770. The molecule has 0 fully saturated rings. The highest BCUT2D eigenvalue weighted by atomic mass is 16.5. The van der Waals surface area contributed by atoms with E-state index in [1.165, 1.54) is 5.56 Å². The van der Waals surface area contributed by atoms with Crippen molar-refractivity contribution in [2.75, 3.05) is 13.2 Å². The first kappa shape index (κ1) is 12.3. The van der Waals surface area contributed by atoms with Gasteiger partial charge in [0, 0.05) is 6.54 Å². The van der Waals surface area contributed by atoms with Crippen LogP contribution in [-0.4, -0.2) is 19.1 Å². The molecule has 0 aliphatic rings. The molecule has 0 atom stereocenters. The highest BCUT2D eigenvalue weighted by Gasteiger charge is 2.01. The average molecular weight is 219 g/mol. The summed E-state index contributed by atoms with van der Waals surface area (Å²) < 4.78 is 5.31. The molecule has 0 radical (unpaired) electrons. The smallest absolute Gasteiger partial charge is 0.258 e. The number of nitrogens with one attached hydrogen (secondary N) is 1. The van der Waals surface area contributed by atoms with Gasteiger partial charge in [0.25, 0.3) is 5.91 Å². The maximum Gasteiger partial charge on any atom is 0.258 e. The van der Waals surface area contributed by atoms with E-state index in [0.717, 1.165) is 5.57 Å². The number of hydrogen-bond acceptors (Lipinski definition) is 2. The van der Waals surface area contributed by atoms with Crippen molar-refractivity contribution < 1.29 is 9.53 Å². The molecule has 0 aliphatic heterocycles. The molecule has 16 heavy (non-hydrogen) atoms. The number of ether oxygens (including phenoxy) is 1. The van der Waals surface area contributed by atoms with Crippen LogP contribution >= 0.6 is 0 Å². The number of amides is 1. The van der Waals surface area contributed by atoms with Crippen molar-refractivity contribution in [1.29, 1.82) is 0 Å². The van der Waals surface area contributed by atoms with Gasteiger partial charge < -0.3 is 10.1 Å². The van der Waals surface area contributed by atoms with Crippen LogP contribution in [0.25, 0.3) is 0 Å². The molecule has 0 spiro atoms. The molecule has 3 nitrogen and oxygen atoms in total. The second kappa shape index (κ2) is 5.95. The summed E-state index contributed by atoms with van der Waals surface area (Å²) in [6.07, 6.45) is 0. The first-order valence-electron chi connectivity index (χ1n) is 5.18. The predicted molar refractivity (Wildman–Crippen MR) is 64.5 cm³/mol. The first-order valence-corrected chi connectivity index (χ1v) is 5.18. The average Bonchev–Trinajstić information content (AvgIpc) is 2.25. The highest BCUT2D eigenvalue weighted by Crippen LogP contribution is 2.10. The Kier molecular flexibility index (Phi) is 4.58. The molecule has 1 rings (SSSR count). The van der Waals surface area contributed by atoms with Gasteiger partial charge in [-0.25, -0.2) is 0 Å². The second-order valence-corrected chi connectivity index (χ2v) is 3.84. The summed E-state index contributed by atoms with van der Waals surface area (Å²) in [7, 11) is 0. The third-order valence-electron chi connectivity index (χ3n) is 1.98. The molecule has 0 unspecified atom stereocenters. The Morgan fingerprint density at radius 3 is 2.56 bits per heavy atom. The maximum atomic E-state index is 11.3. The fourth-order valence-electron chi connectivity index (χ4n) is 1.08. The lowest BCUT2D eigenvalue weighted by molar-refractivity contribution is -0.122. The topological polar surface area (TPSA) is 38.3 Å². The zero-order valence-corrected chi connectivity index (χ0v) is 9.75. The lowest BCUT2D eigenvalue weighted by Crippen LogP contribution is -2.29. The Balaban J connectivity index is 2.31. The molecule has 0 saturated carbocycles. The molecule has 86 valence electrons. The van der Waals surface area contributed by atoms with E-state index in [1.54, 1.807) is 0 Å². The first-order chi connectivity index (χ1) is 7.58. The number of carbonyl (C=O) groups excluding carboxylic acids is 1. The van der Waals surface area contributed by atoms with Gasteiger partial charge in [0.1, 0.15) is 5.75 Å². The molecular formula is C13H17NO2. The summed E-state index contributed by atoms with van der Waals surface area (Å²) >= 11 is 0. The molecule has 1 amide bonds. The minimum atomic E-state index is -0.136. The van der Waals surface area contributed by atoms with Gasteiger partial charge in [0.15, 0.2) is 6.61 Å². The van der Waals surface area contributed by atoms with Gasteiger partial charge in [-0.1, -0.05) is 29.8 Å². The van der Waals surface area contributed by atoms with Crippen LogP contribution in [0.2, 0.25) is 0 Å². The van der Waals surface area contributed by atoms with Crippen molar-refractivity contribution in [3.8, 4) is 5.75 Å². The number of rotatable bonds is 5. The summed E-state index contributed by atoms with van der Waals surface area (Å²) in [5.41, 5.74) is 2.09. The summed E-state index contributed by atoms with van der Waals surface area (Å²) in [6.45, 7) is 8.10. The van der Waals surface area contributed by atoms with E-state index in [-0.39, 0.29) is 12.5 Å². The van der Waals surface area contributed by atoms with Gasteiger partial charge in [-0.05, 0) is 26.0 Å². The Bertz CT molecular complexity index is 368. The van der Waals surface area contributed by atoms with E-state index in [0.29, 0.717) is 12.3 Å². The van der Waals surface area contributed by atoms with E-state index >= 15 is 0 Å². The van der Waals surface area contributed by atoms with E-state index < -0.39 is 0 Å². The van der Waals surface area contributed by atoms with E-state index in [9.17, 15) is 4.79 Å². The Hall–Kier alpha value is -1.77. The monoisotopic (exact) mass is 219 g/mol. The fraction of sp³-hybridized carbons (Fsp3) is 0.308. The van der Waals surface area contributed by atoms with Crippen LogP contribution in [0.3, 0.4) is 0 Å². The van der Waals surface area contributed by atoms with E-state index in [4.69, 9.17) is 4.74 Å². The Labute approximate surface area is 96.1 Å². The van der Waals surface area contributed by atoms with E-state index in [1.807, 2.05) is 38.1 Å². The minimum absolute atomic E-state index is 0.0380. The van der Waals surface area contributed by atoms with Gasteiger partial charge in [0.2, 0.25) is 0 Å². The van der Waals surface area contributed by atoms with Crippen LogP contribution in [0.15, 0.2) is 36.4 Å². The third-order valence-corrected chi connectivity index (χ3v) is 1.98. The molecule has 1 aromatic rings. The Morgan fingerprint density at radius 2 is 2.00 bits per heavy atom. The third kappa shape index (κ3) is 4.64. The summed E-state index contributed by atoms with van der Waals surface area (Å²) in [5.74, 6) is 0.569. The lowest BCUT2D eigenvalue weighted by atomic mass is 10.2. The standard InChI is InChI=1S/C13H17NO2/c1-10(2)8-14-13(15)9-16-12-6-4-11(3)5-7-12/h4-7H,1,8-9H2,2-3H3,(H,14,15). The van der Waals surface area contributed by atoms with Crippen molar-refractivity contribution in [1.82, 2.24) is 5.32 Å². The summed E-state index contributed by atoms with van der Waals surface area (Å²) in [4.78, 5) is 11.3. The summed E-state index contributed by atoms with van der Waals surface area (Å²) in [6, 6.07) is 7.59. The number of aryl methyl sites for hydroxylation is 1. The molecule has 3 heteroatoms.